The summed E-state index contributed by atoms with van der Waals surface area (Å²) in [5.41, 5.74) is 3.91. The van der Waals surface area contributed by atoms with Crippen molar-refractivity contribution in [2.75, 3.05) is 0 Å². The highest BCUT2D eigenvalue weighted by Crippen LogP contribution is 2.30. The molecule has 0 saturated carbocycles. The number of rotatable bonds is 2. The monoisotopic (exact) mass is 241 g/mol. The van der Waals surface area contributed by atoms with E-state index in [0.29, 0.717) is 0 Å². The number of benzene rings is 1. The summed E-state index contributed by atoms with van der Waals surface area (Å²) in [6, 6.07) is 13.1. The van der Waals surface area contributed by atoms with E-state index < -0.39 is 0 Å². The average molecular weight is 241 g/mol. The number of aryl methyl sites for hydroxylation is 2. The van der Waals surface area contributed by atoms with Gasteiger partial charge in [0.1, 0.15) is 0 Å². The first kappa shape index (κ1) is 10.6. The Morgan fingerprint density at radius 2 is 2.06 bits per heavy atom. The molecule has 0 aliphatic rings. The van der Waals surface area contributed by atoms with E-state index in [-0.39, 0.29) is 0 Å². The zero-order valence-corrected chi connectivity index (χ0v) is 10.9. The van der Waals surface area contributed by atoms with Crippen molar-refractivity contribution >= 4 is 22.2 Å². The van der Waals surface area contributed by atoms with Gasteiger partial charge in [-0.1, -0.05) is 25.1 Å². The van der Waals surface area contributed by atoms with Crippen LogP contribution in [0.5, 0.6) is 0 Å². The Bertz CT molecular complexity index is 660. The first-order valence-corrected chi connectivity index (χ1v) is 6.77. The maximum atomic E-state index is 3.56. The molecule has 0 aliphatic carbocycles. The Morgan fingerprint density at radius 1 is 1.18 bits per heavy atom. The second-order valence-corrected chi connectivity index (χ2v) is 5.62. The first-order chi connectivity index (χ1) is 8.28. The lowest BCUT2D eigenvalue weighted by atomic mass is 10.1. The van der Waals surface area contributed by atoms with Crippen LogP contribution in [0.25, 0.3) is 21.5 Å². The smallest absolute Gasteiger partial charge is 0.0566 e. The minimum absolute atomic E-state index is 1.07. The number of hydrogen-bond donors (Lipinski definition) is 1. The molecule has 2 heterocycles. The standard InChI is InChI=1S/C15H15NS/c1-3-11-5-4-6-12-9-13(16-15(11)12)14-8-7-10(2)17-14/h4-9,16H,3H2,1-2H3. The van der Waals surface area contributed by atoms with Crippen LogP contribution >= 0.6 is 11.3 Å². The van der Waals surface area contributed by atoms with Gasteiger partial charge in [-0.3, -0.25) is 0 Å². The van der Waals surface area contributed by atoms with Gasteiger partial charge in [-0.2, -0.15) is 0 Å². The van der Waals surface area contributed by atoms with Crippen molar-refractivity contribution in [2.45, 2.75) is 20.3 Å². The Balaban J connectivity index is 2.19. The molecule has 0 unspecified atom stereocenters. The predicted octanol–water partition coefficient (Wildman–Crippen LogP) is 4.77. The van der Waals surface area contributed by atoms with E-state index in [1.54, 1.807) is 0 Å². The van der Waals surface area contributed by atoms with E-state index >= 15 is 0 Å². The predicted molar refractivity (Wildman–Crippen MR) is 75.7 cm³/mol. The summed E-state index contributed by atoms with van der Waals surface area (Å²) in [6.07, 6.45) is 1.07. The summed E-state index contributed by atoms with van der Waals surface area (Å²) in [4.78, 5) is 6.23. The number of para-hydroxylation sites is 1. The molecule has 86 valence electrons. The third-order valence-electron chi connectivity index (χ3n) is 3.13. The second kappa shape index (κ2) is 4.04. The third kappa shape index (κ3) is 1.79. The Morgan fingerprint density at radius 3 is 2.76 bits per heavy atom. The van der Waals surface area contributed by atoms with Gasteiger partial charge in [0.15, 0.2) is 0 Å². The summed E-state index contributed by atoms with van der Waals surface area (Å²) < 4.78 is 0. The lowest BCUT2D eigenvalue weighted by molar-refractivity contribution is 1.15. The topological polar surface area (TPSA) is 15.8 Å². The maximum Gasteiger partial charge on any atom is 0.0566 e. The molecular weight excluding hydrogens is 226 g/mol. The van der Waals surface area contributed by atoms with Crippen molar-refractivity contribution < 1.29 is 0 Å². The number of thiophene rings is 1. The molecule has 0 spiro atoms. The minimum atomic E-state index is 1.07. The molecular formula is C15H15NS. The van der Waals surface area contributed by atoms with Crippen molar-refractivity contribution in [3.05, 3.63) is 46.8 Å². The van der Waals surface area contributed by atoms with Gasteiger partial charge < -0.3 is 4.98 Å². The summed E-state index contributed by atoms with van der Waals surface area (Å²) >= 11 is 1.84. The molecule has 1 N–H and O–H groups in total. The van der Waals surface area contributed by atoms with Crippen LogP contribution in [-0.4, -0.2) is 4.98 Å². The van der Waals surface area contributed by atoms with Crippen LogP contribution in [0.3, 0.4) is 0 Å². The van der Waals surface area contributed by atoms with Crippen molar-refractivity contribution in [2.24, 2.45) is 0 Å². The molecule has 0 saturated heterocycles. The molecule has 0 bridgehead atoms. The average Bonchev–Trinajstić information content (AvgIpc) is 2.93. The van der Waals surface area contributed by atoms with Crippen molar-refractivity contribution in [3.8, 4) is 10.6 Å². The van der Waals surface area contributed by atoms with Crippen molar-refractivity contribution in [1.82, 2.24) is 4.98 Å². The molecule has 3 aromatic rings. The highest BCUT2D eigenvalue weighted by Gasteiger charge is 2.07. The summed E-state index contributed by atoms with van der Waals surface area (Å²) in [5.74, 6) is 0. The molecule has 17 heavy (non-hydrogen) atoms. The zero-order chi connectivity index (χ0) is 11.8. The fourth-order valence-corrected chi connectivity index (χ4v) is 3.06. The van der Waals surface area contributed by atoms with Crippen LogP contribution in [0.2, 0.25) is 0 Å². The highest BCUT2D eigenvalue weighted by molar-refractivity contribution is 7.15. The summed E-state index contributed by atoms with van der Waals surface area (Å²) in [6.45, 7) is 4.35. The maximum absolute atomic E-state index is 3.56. The summed E-state index contributed by atoms with van der Waals surface area (Å²) in [7, 11) is 0. The van der Waals surface area contributed by atoms with E-state index in [2.05, 4.69) is 55.2 Å². The van der Waals surface area contributed by atoms with Gasteiger partial charge in [-0.05, 0) is 37.1 Å². The van der Waals surface area contributed by atoms with Crippen LogP contribution in [0.1, 0.15) is 17.4 Å². The van der Waals surface area contributed by atoms with Crippen LogP contribution in [0.15, 0.2) is 36.4 Å². The number of fused-ring (bicyclic) bond motifs is 1. The van der Waals surface area contributed by atoms with Gasteiger partial charge in [0.05, 0.1) is 10.6 Å². The second-order valence-electron chi connectivity index (χ2n) is 4.33. The summed E-state index contributed by atoms with van der Waals surface area (Å²) in [5, 5.41) is 1.31. The highest BCUT2D eigenvalue weighted by atomic mass is 32.1. The van der Waals surface area contributed by atoms with E-state index in [4.69, 9.17) is 0 Å². The number of nitrogens with one attached hydrogen (secondary N) is 1. The van der Waals surface area contributed by atoms with Crippen LogP contribution < -0.4 is 0 Å². The normalized spacial score (nSPS) is 11.2. The lowest BCUT2D eigenvalue weighted by Gasteiger charge is -1.97. The Labute approximate surface area is 105 Å². The van der Waals surface area contributed by atoms with E-state index in [1.807, 2.05) is 11.3 Å². The number of H-pyrrole nitrogens is 1. The SMILES string of the molecule is CCc1cccc2cc(-c3ccc(C)s3)[nH]c12. The fraction of sp³-hybridized carbons (Fsp3) is 0.200. The lowest BCUT2D eigenvalue weighted by Crippen LogP contribution is -1.81. The zero-order valence-electron chi connectivity index (χ0n) is 10.1. The van der Waals surface area contributed by atoms with Gasteiger partial charge in [0.25, 0.3) is 0 Å². The molecule has 2 aromatic heterocycles. The van der Waals surface area contributed by atoms with E-state index in [1.165, 1.54) is 31.9 Å². The molecule has 3 rings (SSSR count). The number of aromatic amines is 1. The fourth-order valence-electron chi connectivity index (χ4n) is 2.23. The van der Waals surface area contributed by atoms with Gasteiger partial charge in [0, 0.05) is 15.8 Å². The van der Waals surface area contributed by atoms with Crippen molar-refractivity contribution in [3.63, 3.8) is 0 Å². The molecule has 0 fully saturated rings. The molecule has 0 radical (unpaired) electrons. The molecule has 0 atom stereocenters. The molecule has 2 heteroatoms. The Kier molecular flexibility index (Phi) is 2.52. The van der Waals surface area contributed by atoms with Gasteiger partial charge in [-0.15, -0.1) is 11.3 Å². The largest absolute Gasteiger partial charge is 0.354 e. The van der Waals surface area contributed by atoms with Gasteiger partial charge >= 0.3 is 0 Å². The number of aromatic nitrogens is 1. The molecule has 0 aliphatic heterocycles. The molecule has 1 aromatic carbocycles. The minimum Gasteiger partial charge on any atom is -0.354 e. The quantitative estimate of drug-likeness (QED) is 0.665. The molecule has 1 nitrogen and oxygen atoms in total. The van der Waals surface area contributed by atoms with Crippen molar-refractivity contribution in [1.29, 1.82) is 0 Å². The van der Waals surface area contributed by atoms with Crippen LogP contribution in [0.4, 0.5) is 0 Å². The molecule has 0 amide bonds. The van der Waals surface area contributed by atoms with Gasteiger partial charge in [-0.25, -0.2) is 0 Å². The van der Waals surface area contributed by atoms with E-state index in [0.717, 1.165) is 6.42 Å². The third-order valence-corrected chi connectivity index (χ3v) is 4.16. The van der Waals surface area contributed by atoms with Crippen LogP contribution in [0, 0.1) is 6.92 Å². The number of hydrogen-bond acceptors (Lipinski definition) is 1. The van der Waals surface area contributed by atoms with Crippen LogP contribution in [-0.2, 0) is 6.42 Å². The van der Waals surface area contributed by atoms with E-state index in [9.17, 15) is 0 Å². The first-order valence-electron chi connectivity index (χ1n) is 5.95. The van der Waals surface area contributed by atoms with Gasteiger partial charge in [0.2, 0.25) is 0 Å². The Hall–Kier alpha value is -1.54.